The highest BCUT2D eigenvalue weighted by molar-refractivity contribution is 6.04. The fraction of sp³-hybridized carbons (Fsp3) is 0.238. The second kappa shape index (κ2) is 13.8. The topological polar surface area (TPSA) is 128 Å². The summed E-state index contributed by atoms with van der Waals surface area (Å²) in [5.74, 6) is 1.54. The van der Waals surface area contributed by atoms with Crippen LogP contribution >= 0.6 is 0 Å². The maximum Gasteiger partial charge on any atom is 0.257 e. The van der Waals surface area contributed by atoms with Gasteiger partial charge in [-0.15, -0.1) is 0 Å². The minimum absolute atomic E-state index is 0.0925. The fourth-order valence-corrected chi connectivity index (χ4v) is 7.50. The van der Waals surface area contributed by atoms with Gasteiger partial charge in [0, 0.05) is 56.0 Å². The number of aromatic nitrogens is 2. The fourth-order valence-electron chi connectivity index (χ4n) is 7.50. The molecule has 0 aliphatic carbocycles. The second-order valence-electron chi connectivity index (χ2n) is 13.6. The Kier molecular flexibility index (Phi) is 8.49. The number of amides is 2. The number of hydrogen-bond donors (Lipinski definition) is 0. The normalized spacial score (nSPS) is 17.9. The number of carbonyl (C=O) groups excluding carboxylic acids is 2. The van der Waals surface area contributed by atoms with Gasteiger partial charge in [0.2, 0.25) is 0 Å². The summed E-state index contributed by atoms with van der Waals surface area (Å²) in [6.45, 7) is 1.26. The molecule has 0 spiro atoms. The lowest BCUT2D eigenvalue weighted by molar-refractivity contribution is 0.0695. The summed E-state index contributed by atoms with van der Waals surface area (Å²) in [4.78, 5) is 49.9. The number of carbonyl (C=O) groups is 2. The highest BCUT2D eigenvalue weighted by atomic mass is 16.5. The molecule has 2 atom stereocenters. The third-order valence-electron chi connectivity index (χ3n) is 10.3. The van der Waals surface area contributed by atoms with Crippen LogP contribution < -0.4 is 18.9 Å². The molecule has 5 aromatic rings. The standard InChI is InChI=1S/C42H36N6O6/c1-51-37-15-32-35(44-19-30-13-25-7-3-4-8-26(25)21-47(30)41(32)49)17-39(37)53-23-28-10-5-11-29(46-28)24-54-40-18-36-33(16-38(40)52-2)42(50)48-22-27-9-6-12-43-34(27)14-31(48)20-45-36/h3-12,15-20,30-31H,13-14,21-24H2,1-2H3/t30-,31+/m0/s1. The molecule has 2 aromatic heterocycles. The van der Waals surface area contributed by atoms with Crippen LogP contribution in [0.4, 0.5) is 11.4 Å². The van der Waals surface area contributed by atoms with Crippen LogP contribution in [0.1, 0.15) is 54.5 Å². The summed E-state index contributed by atoms with van der Waals surface area (Å²) in [5, 5.41) is 0. The van der Waals surface area contributed by atoms with E-state index in [-0.39, 0.29) is 37.1 Å². The molecule has 12 nitrogen and oxygen atoms in total. The Bertz CT molecular complexity index is 2220. The highest BCUT2D eigenvalue weighted by Gasteiger charge is 2.35. The first kappa shape index (κ1) is 33.3. The molecule has 0 saturated heterocycles. The molecule has 0 fully saturated rings. The van der Waals surface area contributed by atoms with Gasteiger partial charge < -0.3 is 28.7 Å². The molecule has 0 saturated carbocycles. The van der Waals surface area contributed by atoms with Crippen LogP contribution in [0.5, 0.6) is 23.0 Å². The zero-order valence-corrected chi connectivity index (χ0v) is 29.8. The van der Waals surface area contributed by atoms with Gasteiger partial charge in [0.15, 0.2) is 23.0 Å². The Morgan fingerprint density at radius 3 is 1.80 bits per heavy atom. The van der Waals surface area contributed by atoms with Crippen molar-refractivity contribution in [3.63, 3.8) is 0 Å². The number of hydrogen-bond acceptors (Lipinski definition) is 10. The van der Waals surface area contributed by atoms with Crippen molar-refractivity contribution in [2.75, 3.05) is 14.2 Å². The Morgan fingerprint density at radius 2 is 1.19 bits per heavy atom. The lowest BCUT2D eigenvalue weighted by atomic mass is 9.94. The lowest BCUT2D eigenvalue weighted by Gasteiger charge is -2.34. The lowest BCUT2D eigenvalue weighted by Crippen LogP contribution is -2.44. The maximum absolute atomic E-state index is 13.8. The predicted molar refractivity (Wildman–Crippen MR) is 201 cm³/mol. The molecular formula is C42H36N6O6. The molecule has 0 unspecified atom stereocenters. The van der Waals surface area contributed by atoms with Crippen LogP contribution in [0.3, 0.4) is 0 Å². The molecule has 4 aliphatic rings. The number of aliphatic imine (C=N–C) groups is 2. The molecule has 12 heteroatoms. The van der Waals surface area contributed by atoms with E-state index in [1.807, 2.05) is 64.7 Å². The SMILES string of the molecule is COc1cc2c(cc1OCc1cccc(COc3cc4c(cc3OC)C(=O)N3Cc5cccnc5C[C@@H]3C=N4)n1)N=C[C@@H]1Cc3ccccc3CN1C2=O. The van der Waals surface area contributed by atoms with E-state index in [2.05, 4.69) is 17.1 Å². The molecule has 270 valence electrons. The highest BCUT2D eigenvalue weighted by Crippen LogP contribution is 2.40. The van der Waals surface area contributed by atoms with Gasteiger partial charge in [0.25, 0.3) is 11.8 Å². The summed E-state index contributed by atoms with van der Waals surface area (Å²) < 4.78 is 23.8. The first-order chi connectivity index (χ1) is 26.4. The van der Waals surface area contributed by atoms with Crippen LogP contribution in [-0.2, 0) is 39.1 Å². The number of pyridine rings is 2. The minimum atomic E-state index is -0.196. The molecule has 2 amide bonds. The zero-order chi connectivity index (χ0) is 36.8. The monoisotopic (exact) mass is 720 g/mol. The van der Waals surface area contributed by atoms with Gasteiger partial charge >= 0.3 is 0 Å². The van der Waals surface area contributed by atoms with Gasteiger partial charge in [-0.1, -0.05) is 36.4 Å². The first-order valence-electron chi connectivity index (χ1n) is 17.8. The Morgan fingerprint density at radius 1 is 0.630 bits per heavy atom. The van der Waals surface area contributed by atoms with Gasteiger partial charge in [0.05, 0.1) is 60.2 Å². The van der Waals surface area contributed by atoms with Crippen molar-refractivity contribution in [3.8, 4) is 23.0 Å². The molecule has 0 radical (unpaired) electrons. The van der Waals surface area contributed by atoms with E-state index in [9.17, 15) is 9.59 Å². The van der Waals surface area contributed by atoms with Crippen molar-refractivity contribution in [3.05, 3.63) is 130 Å². The minimum Gasteiger partial charge on any atom is -0.493 e. The molecule has 6 heterocycles. The Labute approximate surface area is 311 Å². The van der Waals surface area contributed by atoms with E-state index < -0.39 is 0 Å². The van der Waals surface area contributed by atoms with Crippen LogP contribution in [0.2, 0.25) is 0 Å². The summed E-state index contributed by atoms with van der Waals surface area (Å²) in [5.41, 5.74) is 7.69. The molecule has 3 aromatic carbocycles. The first-order valence-corrected chi connectivity index (χ1v) is 17.8. The van der Waals surface area contributed by atoms with E-state index in [1.54, 1.807) is 44.7 Å². The van der Waals surface area contributed by atoms with Crippen LogP contribution in [0.15, 0.2) is 95.0 Å². The van der Waals surface area contributed by atoms with Crippen molar-refractivity contribution < 1.29 is 28.5 Å². The summed E-state index contributed by atoms with van der Waals surface area (Å²) in [6.07, 6.45) is 6.76. The smallest absolute Gasteiger partial charge is 0.257 e. The van der Waals surface area contributed by atoms with Crippen molar-refractivity contribution in [1.29, 1.82) is 0 Å². The average molecular weight is 721 g/mol. The molecular weight excluding hydrogens is 684 g/mol. The van der Waals surface area contributed by atoms with Gasteiger partial charge in [-0.25, -0.2) is 0 Å². The van der Waals surface area contributed by atoms with E-state index in [1.165, 1.54) is 5.56 Å². The number of fused-ring (bicyclic) bond motifs is 6. The van der Waals surface area contributed by atoms with Crippen LogP contribution in [-0.4, -0.2) is 70.3 Å². The van der Waals surface area contributed by atoms with E-state index in [0.29, 0.717) is 82.8 Å². The number of benzene rings is 3. The quantitative estimate of drug-likeness (QED) is 0.185. The largest absolute Gasteiger partial charge is 0.493 e. The average Bonchev–Trinajstić information content (AvgIpc) is 3.42. The zero-order valence-electron chi connectivity index (χ0n) is 29.8. The van der Waals surface area contributed by atoms with Crippen molar-refractivity contribution >= 4 is 35.6 Å². The van der Waals surface area contributed by atoms with Crippen LogP contribution in [0.25, 0.3) is 0 Å². The van der Waals surface area contributed by atoms with Crippen molar-refractivity contribution in [2.45, 2.75) is 51.2 Å². The third-order valence-corrected chi connectivity index (χ3v) is 10.3. The number of ether oxygens (including phenoxy) is 4. The molecule has 0 N–H and O–H groups in total. The third kappa shape index (κ3) is 6.09. The van der Waals surface area contributed by atoms with Crippen LogP contribution in [0, 0.1) is 0 Å². The summed E-state index contributed by atoms with van der Waals surface area (Å²) >= 11 is 0. The molecule has 9 rings (SSSR count). The molecule has 4 aliphatic heterocycles. The van der Waals surface area contributed by atoms with Gasteiger partial charge in [-0.2, -0.15) is 0 Å². The van der Waals surface area contributed by atoms with E-state index in [4.69, 9.17) is 33.9 Å². The predicted octanol–water partition coefficient (Wildman–Crippen LogP) is 6.22. The number of rotatable bonds is 8. The Balaban J connectivity index is 0.897. The Hall–Kier alpha value is -6.56. The maximum atomic E-state index is 13.8. The van der Waals surface area contributed by atoms with Crippen molar-refractivity contribution in [2.24, 2.45) is 9.98 Å². The number of methoxy groups -OCH3 is 2. The van der Waals surface area contributed by atoms with Gasteiger partial charge in [0.1, 0.15) is 13.2 Å². The second-order valence-corrected chi connectivity index (χ2v) is 13.6. The summed E-state index contributed by atoms with van der Waals surface area (Å²) in [7, 11) is 3.09. The van der Waals surface area contributed by atoms with Gasteiger partial charge in [-0.3, -0.25) is 29.5 Å². The van der Waals surface area contributed by atoms with Gasteiger partial charge in [-0.05, 0) is 53.4 Å². The summed E-state index contributed by atoms with van der Waals surface area (Å²) in [6, 6.07) is 24.3. The molecule has 54 heavy (non-hydrogen) atoms. The van der Waals surface area contributed by atoms with Crippen molar-refractivity contribution in [1.82, 2.24) is 19.8 Å². The van der Waals surface area contributed by atoms with E-state index >= 15 is 0 Å². The van der Waals surface area contributed by atoms with E-state index in [0.717, 1.165) is 16.8 Å². The molecule has 0 bridgehead atoms. The number of nitrogens with zero attached hydrogens (tertiary/aromatic N) is 6.